The van der Waals surface area contributed by atoms with Crippen LogP contribution in [0, 0.1) is 5.92 Å². The van der Waals surface area contributed by atoms with Crippen molar-refractivity contribution in [3.8, 4) is 0 Å². The highest BCUT2D eigenvalue weighted by molar-refractivity contribution is 6.29. The number of carbonyl (C=O) groups is 1. The summed E-state index contributed by atoms with van der Waals surface area (Å²) in [5.41, 5.74) is 5.35. The first kappa shape index (κ1) is 10.9. The van der Waals surface area contributed by atoms with Crippen LogP contribution < -0.4 is 11.1 Å². The third-order valence-corrected chi connectivity index (χ3v) is 1.98. The van der Waals surface area contributed by atoms with Crippen LogP contribution in [0.15, 0.2) is 18.2 Å². The highest BCUT2D eigenvalue weighted by atomic mass is 35.5. The molecular weight excluding hydrogens is 202 g/mol. The van der Waals surface area contributed by atoms with Gasteiger partial charge in [-0.3, -0.25) is 4.79 Å². The Labute approximate surface area is 87.5 Å². The van der Waals surface area contributed by atoms with E-state index in [1.54, 1.807) is 25.1 Å². The molecule has 0 aliphatic heterocycles. The lowest BCUT2D eigenvalue weighted by Gasteiger charge is -2.08. The lowest BCUT2D eigenvalue weighted by molar-refractivity contribution is -0.119. The van der Waals surface area contributed by atoms with E-state index in [-0.39, 0.29) is 11.8 Å². The molecule has 1 aromatic rings. The molecule has 0 fully saturated rings. The number of carbonyl (C=O) groups excluding carboxylic acids is 1. The summed E-state index contributed by atoms with van der Waals surface area (Å²) in [5.74, 6) is 0.0702. The second-order valence-corrected chi connectivity index (χ2v) is 3.36. The number of pyridine rings is 1. The van der Waals surface area contributed by atoms with Gasteiger partial charge in [-0.15, -0.1) is 0 Å². The van der Waals surface area contributed by atoms with E-state index in [0.717, 1.165) is 0 Å². The third kappa shape index (κ3) is 2.97. The van der Waals surface area contributed by atoms with Crippen LogP contribution in [0.2, 0.25) is 5.15 Å². The number of nitrogens with zero attached hydrogens (tertiary/aromatic N) is 1. The number of aromatic nitrogens is 1. The zero-order valence-corrected chi connectivity index (χ0v) is 8.58. The molecule has 0 bridgehead atoms. The number of amides is 1. The normalized spacial score (nSPS) is 12.2. The predicted molar refractivity (Wildman–Crippen MR) is 56.1 cm³/mol. The molecule has 0 saturated carbocycles. The predicted octanol–water partition coefficient (Wildman–Crippen LogP) is 1.27. The van der Waals surface area contributed by atoms with Gasteiger partial charge >= 0.3 is 0 Å². The molecule has 3 N–H and O–H groups in total. The van der Waals surface area contributed by atoms with Gasteiger partial charge in [-0.25, -0.2) is 4.98 Å². The Balaban J connectivity index is 2.65. The van der Waals surface area contributed by atoms with Crippen molar-refractivity contribution in [1.82, 2.24) is 4.98 Å². The quantitative estimate of drug-likeness (QED) is 0.743. The van der Waals surface area contributed by atoms with E-state index in [9.17, 15) is 4.79 Å². The molecule has 1 amide bonds. The number of hydrogen-bond acceptors (Lipinski definition) is 3. The lowest BCUT2D eigenvalue weighted by atomic mass is 10.2. The first-order valence-electron chi connectivity index (χ1n) is 4.27. The molecule has 14 heavy (non-hydrogen) atoms. The van der Waals surface area contributed by atoms with Gasteiger partial charge in [0.05, 0.1) is 0 Å². The molecule has 1 heterocycles. The van der Waals surface area contributed by atoms with Crippen LogP contribution in [-0.2, 0) is 4.79 Å². The van der Waals surface area contributed by atoms with Crippen LogP contribution in [0.3, 0.4) is 0 Å². The van der Waals surface area contributed by atoms with E-state index >= 15 is 0 Å². The van der Waals surface area contributed by atoms with E-state index < -0.39 is 0 Å². The zero-order valence-electron chi connectivity index (χ0n) is 7.83. The van der Waals surface area contributed by atoms with Gasteiger partial charge in [0.25, 0.3) is 0 Å². The Hall–Kier alpha value is -1.13. The van der Waals surface area contributed by atoms with Gasteiger partial charge in [-0.2, -0.15) is 0 Å². The molecule has 4 nitrogen and oxygen atoms in total. The molecule has 1 rings (SSSR count). The van der Waals surface area contributed by atoms with E-state index in [2.05, 4.69) is 10.3 Å². The number of nitrogens with two attached hydrogens (primary N) is 1. The second kappa shape index (κ2) is 4.93. The van der Waals surface area contributed by atoms with Gasteiger partial charge in [-0.05, 0) is 12.1 Å². The van der Waals surface area contributed by atoms with Crippen molar-refractivity contribution in [1.29, 1.82) is 0 Å². The molecule has 0 radical (unpaired) electrons. The van der Waals surface area contributed by atoms with Crippen molar-refractivity contribution in [3.05, 3.63) is 23.4 Å². The van der Waals surface area contributed by atoms with Crippen LogP contribution in [0.1, 0.15) is 6.92 Å². The largest absolute Gasteiger partial charge is 0.330 e. The summed E-state index contributed by atoms with van der Waals surface area (Å²) >= 11 is 5.65. The molecular formula is C9H12ClN3O. The molecule has 0 aromatic carbocycles. The molecule has 0 spiro atoms. The Bertz CT molecular complexity index is 330. The number of anilines is 1. The van der Waals surface area contributed by atoms with Gasteiger partial charge in [0.15, 0.2) is 0 Å². The standard InChI is InChI=1S/C9H12ClN3O/c1-6(5-11)9(14)13-8-4-2-3-7(10)12-8/h2-4,6H,5,11H2,1H3,(H,12,13,14). The first-order chi connectivity index (χ1) is 6.63. The van der Waals surface area contributed by atoms with Gasteiger partial charge in [0.1, 0.15) is 11.0 Å². The Morgan fingerprint density at radius 3 is 3.00 bits per heavy atom. The molecule has 0 aliphatic carbocycles. The SMILES string of the molecule is CC(CN)C(=O)Nc1cccc(Cl)n1. The molecule has 0 aliphatic rings. The van der Waals surface area contributed by atoms with Gasteiger partial charge < -0.3 is 11.1 Å². The number of hydrogen-bond donors (Lipinski definition) is 2. The maximum Gasteiger partial charge on any atom is 0.229 e. The highest BCUT2D eigenvalue weighted by Gasteiger charge is 2.11. The fourth-order valence-corrected chi connectivity index (χ4v) is 0.998. The minimum absolute atomic E-state index is 0.151. The van der Waals surface area contributed by atoms with Crippen LogP contribution >= 0.6 is 11.6 Å². The summed E-state index contributed by atoms with van der Waals surface area (Å²) in [5, 5.41) is 2.97. The van der Waals surface area contributed by atoms with E-state index in [0.29, 0.717) is 17.5 Å². The van der Waals surface area contributed by atoms with Crippen molar-refractivity contribution in [3.63, 3.8) is 0 Å². The lowest BCUT2D eigenvalue weighted by Crippen LogP contribution is -2.27. The first-order valence-corrected chi connectivity index (χ1v) is 4.64. The average Bonchev–Trinajstić information content (AvgIpc) is 2.16. The summed E-state index contributed by atoms with van der Waals surface area (Å²) < 4.78 is 0. The fourth-order valence-electron chi connectivity index (χ4n) is 0.834. The number of nitrogens with one attached hydrogen (secondary N) is 1. The molecule has 1 unspecified atom stereocenters. The summed E-state index contributed by atoms with van der Waals surface area (Å²) in [4.78, 5) is 15.3. The Kier molecular flexibility index (Phi) is 3.85. The van der Waals surface area contributed by atoms with E-state index in [1.807, 2.05) is 0 Å². The van der Waals surface area contributed by atoms with Gasteiger partial charge in [0.2, 0.25) is 5.91 Å². The van der Waals surface area contributed by atoms with E-state index in [4.69, 9.17) is 17.3 Å². The molecule has 5 heteroatoms. The smallest absolute Gasteiger partial charge is 0.229 e. The van der Waals surface area contributed by atoms with Crippen molar-refractivity contribution in [2.24, 2.45) is 11.7 Å². The molecule has 76 valence electrons. The summed E-state index contributed by atoms with van der Waals surface area (Å²) in [6.07, 6.45) is 0. The van der Waals surface area contributed by atoms with Gasteiger partial charge in [0, 0.05) is 12.5 Å². The molecule has 1 atom stereocenters. The zero-order chi connectivity index (χ0) is 10.6. The fraction of sp³-hybridized carbons (Fsp3) is 0.333. The Morgan fingerprint density at radius 2 is 2.43 bits per heavy atom. The monoisotopic (exact) mass is 213 g/mol. The van der Waals surface area contributed by atoms with Crippen molar-refractivity contribution in [2.45, 2.75) is 6.92 Å². The van der Waals surface area contributed by atoms with Crippen LogP contribution in [-0.4, -0.2) is 17.4 Å². The maximum absolute atomic E-state index is 11.4. The minimum atomic E-state index is -0.226. The number of rotatable bonds is 3. The van der Waals surface area contributed by atoms with Crippen molar-refractivity contribution < 1.29 is 4.79 Å². The molecule has 1 aromatic heterocycles. The second-order valence-electron chi connectivity index (χ2n) is 2.97. The average molecular weight is 214 g/mol. The maximum atomic E-state index is 11.4. The topological polar surface area (TPSA) is 68.0 Å². The molecule has 0 saturated heterocycles. The third-order valence-electron chi connectivity index (χ3n) is 1.77. The summed E-state index contributed by atoms with van der Waals surface area (Å²) in [6.45, 7) is 2.06. The summed E-state index contributed by atoms with van der Waals surface area (Å²) in [6, 6.07) is 5.04. The van der Waals surface area contributed by atoms with Crippen molar-refractivity contribution in [2.75, 3.05) is 11.9 Å². The van der Waals surface area contributed by atoms with E-state index in [1.165, 1.54) is 0 Å². The van der Waals surface area contributed by atoms with Crippen LogP contribution in [0.25, 0.3) is 0 Å². The minimum Gasteiger partial charge on any atom is -0.330 e. The van der Waals surface area contributed by atoms with Crippen LogP contribution in [0.4, 0.5) is 5.82 Å². The van der Waals surface area contributed by atoms with Gasteiger partial charge in [-0.1, -0.05) is 24.6 Å². The Morgan fingerprint density at radius 1 is 1.71 bits per heavy atom. The van der Waals surface area contributed by atoms with Crippen molar-refractivity contribution >= 4 is 23.3 Å². The van der Waals surface area contributed by atoms with Crippen LogP contribution in [0.5, 0.6) is 0 Å². The number of halogens is 1. The summed E-state index contributed by atoms with van der Waals surface area (Å²) in [7, 11) is 0. The highest BCUT2D eigenvalue weighted by Crippen LogP contribution is 2.09.